The van der Waals surface area contributed by atoms with E-state index in [-0.39, 0.29) is 17.9 Å². The molecule has 1 amide bonds. The lowest BCUT2D eigenvalue weighted by Crippen LogP contribution is -2.44. The van der Waals surface area contributed by atoms with E-state index in [0.29, 0.717) is 5.92 Å². The van der Waals surface area contributed by atoms with Crippen molar-refractivity contribution in [2.24, 2.45) is 17.6 Å². The summed E-state index contributed by atoms with van der Waals surface area (Å²) in [7, 11) is 2.25. The second-order valence-electron chi connectivity index (χ2n) is 6.52. The summed E-state index contributed by atoms with van der Waals surface area (Å²) in [4.78, 5) is 14.6. The summed E-state index contributed by atoms with van der Waals surface area (Å²) in [5, 5.41) is 3.13. The molecule has 2 saturated heterocycles. The molecular formula is C15H25N3O. The number of hydrogen-bond donors (Lipinski definition) is 2. The van der Waals surface area contributed by atoms with Crippen molar-refractivity contribution in [3.63, 3.8) is 0 Å². The van der Waals surface area contributed by atoms with E-state index in [0.717, 1.165) is 25.0 Å². The zero-order valence-electron chi connectivity index (χ0n) is 11.7. The van der Waals surface area contributed by atoms with Gasteiger partial charge in [0.25, 0.3) is 0 Å². The fraction of sp³-hybridized carbons (Fsp3) is 0.800. The fourth-order valence-corrected chi connectivity index (χ4v) is 3.99. The molecule has 3 aliphatic rings. The lowest BCUT2D eigenvalue weighted by atomic mass is 9.91. The van der Waals surface area contributed by atoms with Gasteiger partial charge in [-0.25, -0.2) is 0 Å². The predicted octanol–water partition coefficient (Wildman–Crippen LogP) is 0.879. The van der Waals surface area contributed by atoms with E-state index in [1.165, 1.54) is 25.7 Å². The van der Waals surface area contributed by atoms with Crippen molar-refractivity contribution in [2.45, 2.75) is 50.2 Å². The largest absolute Gasteiger partial charge is 0.355 e. The van der Waals surface area contributed by atoms with Crippen LogP contribution in [0.1, 0.15) is 32.1 Å². The SMILES string of the molecule is CN1C2CCC1CC(CNC(=O)C1C=CC(N)C1)C2. The van der Waals surface area contributed by atoms with Crippen molar-refractivity contribution in [3.8, 4) is 0 Å². The lowest BCUT2D eigenvalue weighted by molar-refractivity contribution is -0.123. The third-order valence-electron chi connectivity index (χ3n) is 5.21. The molecule has 0 spiro atoms. The van der Waals surface area contributed by atoms with Crippen LogP contribution in [-0.4, -0.2) is 42.5 Å². The summed E-state index contributed by atoms with van der Waals surface area (Å²) in [6.07, 6.45) is 9.83. The van der Waals surface area contributed by atoms with Gasteiger partial charge in [-0.05, 0) is 45.1 Å². The normalized spacial score (nSPS) is 41.7. The Labute approximate surface area is 115 Å². The molecule has 4 heteroatoms. The number of carbonyl (C=O) groups excluding carboxylic acids is 1. The third-order valence-corrected chi connectivity index (χ3v) is 5.21. The number of carbonyl (C=O) groups is 1. The maximum absolute atomic E-state index is 12.0. The highest BCUT2D eigenvalue weighted by molar-refractivity contribution is 5.81. The number of rotatable bonds is 3. The minimum Gasteiger partial charge on any atom is -0.355 e. The molecule has 2 aliphatic heterocycles. The molecule has 1 aliphatic carbocycles. The van der Waals surface area contributed by atoms with Crippen LogP contribution >= 0.6 is 0 Å². The van der Waals surface area contributed by atoms with Crippen molar-refractivity contribution in [3.05, 3.63) is 12.2 Å². The molecule has 0 aromatic rings. The number of nitrogens with one attached hydrogen (secondary N) is 1. The number of piperidine rings is 1. The average Bonchev–Trinajstić information content (AvgIpc) is 2.88. The van der Waals surface area contributed by atoms with Crippen LogP contribution in [0.5, 0.6) is 0 Å². The average molecular weight is 263 g/mol. The first kappa shape index (κ1) is 13.1. The molecule has 19 heavy (non-hydrogen) atoms. The molecule has 4 atom stereocenters. The van der Waals surface area contributed by atoms with E-state index in [1.54, 1.807) is 0 Å². The molecule has 4 nitrogen and oxygen atoms in total. The minimum atomic E-state index is -0.00186. The quantitative estimate of drug-likeness (QED) is 0.743. The number of fused-ring (bicyclic) bond motifs is 2. The van der Waals surface area contributed by atoms with E-state index in [9.17, 15) is 4.79 Å². The maximum atomic E-state index is 12.0. The van der Waals surface area contributed by atoms with Crippen LogP contribution in [0.2, 0.25) is 0 Å². The van der Waals surface area contributed by atoms with Gasteiger partial charge in [0.05, 0.1) is 5.92 Å². The van der Waals surface area contributed by atoms with Crippen molar-refractivity contribution < 1.29 is 4.79 Å². The van der Waals surface area contributed by atoms with Gasteiger partial charge in [-0.15, -0.1) is 0 Å². The van der Waals surface area contributed by atoms with Crippen LogP contribution < -0.4 is 11.1 Å². The van der Waals surface area contributed by atoms with Gasteiger partial charge < -0.3 is 16.0 Å². The number of amides is 1. The Kier molecular flexibility index (Phi) is 3.63. The summed E-state index contributed by atoms with van der Waals surface area (Å²) in [6, 6.07) is 1.57. The first-order valence-electron chi connectivity index (χ1n) is 7.57. The highest BCUT2D eigenvalue weighted by atomic mass is 16.1. The molecule has 0 aromatic heterocycles. The van der Waals surface area contributed by atoms with Gasteiger partial charge in [-0.2, -0.15) is 0 Å². The first-order chi connectivity index (χ1) is 9.13. The molecular weight excluding hydrogens is 238 g/mol. The van der Waals surface area contributed by atoms with Crippen LogP contribution in [0.3, 0.4) is 0 Å². The lowest BCUT2D eigenvalue weighted by Gasteiger charge is -2.36. The van der Waals surface area contributed by atoms with Crippen molar-refractivity contribution in [1.82, 2.24) is 10.2 Å². The highest BCUT2D eigenvalue weighted by Crippen LogP contribution is 2.37. The van der Waals surface area contributed by atoms with Crippen LogP contribution in [-0.2, 0) is 4.79 Å². The zero-order chi connectivity index (χ0) is 13.4. The molecule has 0 radical (unpaired) electrons. The zero-order valence-corrected chi connectivity index (χ0v) is 11.7. The Morgan fingerprint density at radius 1 is 1.26 bits per heavy atom. The molecule has 0 aromatic carbocycles. The van der Waals surface area contributed by atoms with E-state index in [4.69, 9.17) is 5.73 Å². The van der Waals surface area contributed by atoms with Crippen LogP contribution in [0.4, 0.5) is 0 Å². The van der Waals surface area contributed by atoms with E-state index in [1.807, 2.05) is 12.2 Å². The van der Waals surface area contributed by atoms with Crippen molar-refractivity contribution in [2.75, 3.05) is 13.6 Å². The Morgan fingerprint density at radius 3 is 2.53 bits per heavy atom. The number of nitrogens with zero attached hydrogens (tertiary/aromatic N) is 1. The molecule has 4 unspecified atom stereocenters. The molecule has 3 rings (SSSR count). The van der Waals surface area contributed by atoms with Gasteiger partial charge in [-0.1, -0.05) is 12.2 Å². The minimum absolute atomic E-state index is 0.00186. The fourth-order valence-electron chi connectivity index (χ4n) is 3.99. The third kappa shape index (κ3) is 2.70. The second-order valence-corrected chi connectivity index (χ2v) is 6.52. The van der Waals surface area contributed by atoms with Crippen LogP contribution in [0.15, 0.2) is 12.2 Å². The number of hydrogen-bond acceptors (Lipinski definition) is 3. The predicted molar refractivity (Wildman–Crippen MR) is 75.5 cm³/mol. The Hall–Kier alpha value is -0.870. The summed E-state index contributed by atoms with van der Waals surface area (Å²) in [6.45, 7) is 0.846. The highest BCUT2D eigenvalue weighted by Gasteiger charge is 2.38. The Balaban J connectivity index is 1.46. The summed E-state index contributed by atoms with van der Waals surface area (Å²) < 4.78 is 0. The smallest absolute Gasteiger partial charge is 0.227 e. The van der Waals surface area contributed by atoms with Crippen molar-refractivity contribution >= 4 is 5.91 Å². The maximum Gasteiger partial charge on any atom is 0.227 e. The number of nitrogens with two attached hydrogens (primary N) is 1. The monoisotopic (exact) mass is 263 g/mol. The van der Waals surface area contributed by atoms with E-state index in [2.05, 4.69) is 17.3 Å². The van der Waals surface area contributed by atoms with Crippen LogP contribution in [0, 0.1) is 11.8 Å². The van der Waals surface area contributed by atoms with E-state index < -0.39 is 0 Å². The van der Waals surface area contributed by atoms with Gasteiger partial charge in [0.1, 0.15) is 0 Å². The Bertz CT molecular complexity index is 368. The van der Waals surface area contributed by atoms with Gasteiger partial charge in [-0.3, -0.25) is 4.79 Å². The van der Waals surface area contributed by atoms with Gasteiger partial charge >= 0.3 is 0 Å². The van der Waals surface area contributed by atoms with Gasteiger partial charge in [0, 0.05) is 24.7 Å². The molecule has 3 N–H and O–H groups in total. The second kappa shape index (κ2) is 5.25. The topological polar surface area (TPSA) is 58.4 Å². The van der Waals surface area contributed by atoms with Gasteiger partial charge in [0.15, 0.2) is 0 Å². The van der Waals surface area contributed by atoms with E-state index >= 15 is 0 Å². The Morgan fingerprint density at radius 2 is 1.95 bits per heavy atom. The molecule has 2 fully saturated rings. The summed E-state index contributed by atoms with van der Waals surface area (Å²) in [5.74, 6) is 0.824. The van der Waals surface area contributed by atoms with Crippen LogP contribution in [0.25, 0.3) is 0 Å². The van der Waals surface area contributed by atoms with Gasteiger partial charge in [0.2, 0.25) is 5.91 Å². The summed E-state index contributed by atoms with van der Waals surface area (Å²) in [5.41, 5.74) is 5.79. The molecule has 106 valence electrons. The van der Waals surface area contributed by atoms with Crippen molar-refractivity contribution in [1.29, 1.82) is 0 Å². The molecule has 2 heterocycles. The summed E-state index contributed by atoms with van der Waals surface area (Å²) >= 11 is 0. The molecule has 0 saturated carbocycles. The standard InChI is InChI=1S/C15H25N3O/c1-18-13-4-5-14(18)7-10(6-13)9-17-15(19)11-2-3-12(16)8-11/h2-3,10-14H,4-9,16H2,1H3,(H,17,19). The first-order valence-corrected chi connectivity index (χ1v) is 7.57. The molecule has 2 bridgehead atoms.